The van der Waals surface area contributed by atoms with Crippen molar-refractivity contribution in [1.82, 2.24) is 15.1 Å². The first-order valence-corrected chi connectivity index (χ1v) is 11.4. The monoisotopic (exact) mass is 461 g/mol. The van der Waals surface area contributed by atoms with Gasteiger partial charge in [0.15, 0.2) is 11.6 Å². The van der Waals surface area contributed by atoms with Gasteiger partial charge in [-0.15, -0.1) is 0 Å². The van der Waals surface area contributed by atoms with Crippen molar-refractivity contribution in [3.63, 3.8) is 0 Å². The highest BCUT2D eigenvalue weighted by Crippen LogP contribution is 2.30. The molecule has 1 aromatic heterocycles. The van der Waals surface area contributed by atoms with Crippen molar-refractivity contribution in [1.29, 1.82) is 0 Å². The number of rotatable bonds is 7. The Kier molecular flexibility index (Phi) is 8.09. The predicted octanol–water partition coefficient (Wildman–Crippen LogP) is 6.64. The van der Waals surface area contributed by atoms with E-state index in [1.165, 1.54) is 10.7 Å². The number of hydrogen-bond donors (Lipinski definition) is 1. The molecule has 0 radical (unpaired) electrons. The summed E-state index contributed by atoms with van der Waals surface area (Å²) in [4.78, 5) is 13.5. The molecule has 182 valence electrons. The predicted molar refractivity (Wildman–Crippen MR) is 128 cm³/mol. The van der Waals surface area contributed by atoms with Crippen LogP contribution in [0.1, 0.15) is 73.1 Å². The smallest absolute Gasteiger partial charge is 0.342 e. The van der Waals surface area contributed by atoms with E-state index >= 15 is 0 Å². The van der Waals surface area contributed by atoms with E-state index in [2.05, 4.69) is 17.0 Å². The van der Waals surface area contributed by atoms with Crippen LogP contribution in [0.5, 0.6) is 0 Å². The summed E-state index contributed by atoms with van der Waals surface area (Å²) in [6.45, 7) is 19.8. The van der Waals surface area contributed by atoms with E-state index in [0.717, 1.165) is 29.8 Å². The van der Waals surface area contributed by atoms with Gasteiger partial charge in [0, 0.05) is 11.1 Å². The summed E-state index contributed by atoms with van der Waals surface area (Å²) in [5.74, 6) is -1.41. The maximum atomic E-state index is 13.9. The molecule has 0 bridgehead atoms. The van der Waals surface area contributed by atoms with Crippen LogP contribution in [0.2, 0.25) is 0 Å². The average Bonchev–Trinajstić information content (AvgIpc) is 3.04. The number of carbonyl (C=O) groups is 1. The summed E-state index contributed by atoms with van der Waals surface area (Å²) in [5, 5.41) is 7.59. The lowest BCUT2D eigenvalue weighted by molar-refractivity contribution is 0.0286. The first-order valence-electron chi connectivity index (χ1n) is 11.4. The van der Waals surface area contributed by atoms with Gasteiger partial charge in [-0.3, -0.25) is 0 Å². The van der Waals surface area contributed by atoms with Gasteiger partial charge in [0.25, 0.3) is 0 Å². The van der Waals surface area contributed by atoms with Crippen LogP contribution in [0.25, 0.3) is 11.3 Å². The van der Waals surface area contributed by atoms with Crippen LogP contribution in [-0.2, 0) is 17.6 Å². The van der Waals surface area contributed by atoms with Crippen molar-refractivity contribution in [2.24, 2.45) is 5.41 Å². The summed E-state index contributed by atoms with van der Waals surface area (Å²) in [6.07, 6.45) is 2.01. The molecule has 1 atom stereocenters. The largest absolute Gasteiger partial charge is 0.491 e. The maximum Gasteiger partial charge on any atom is 0.342 e. The van der Waals surface area contributed by atoms with Crippen molar-refractivity contribution in [3.8, 4) is 11.3 Å². The minimum absolute atomic E-state index is 0.368. The summed E-state index contributed by atoms with van der Waals surface area (Å²) in [7, 11) is 0. The molecule has 0 aliphatic rings. The molecule has 0 aliphatic heterocycles. The Morgan fingerprint density at radius 1 is 1.15 bits per heavy atom. The Morgan fingerprint density at radius 2 is 1.79 bits per heavy atom. The van der Waals surface area contributed by atoms with Crippen molar-refractivity contribution >= 4 is 6.03 Å². The van der Waals surface area contributed by atoms with Crippen molar-refractivity contribution in [3.05, 3.63) is 53.4 Å². The molecule has 0 saturated carbocycles. The van der Waals surface area contributed by atoms with Gasteiger partial charge >= 0.3 is 6.03 Å². The minimum atomic E-state index is -0.950. The molecule has 33 heavy (non-hydrogen) atoms. The van der Waals surface area contributed by atoms with Crippen LogP contribution in [0.4, 0.5) is 13.6 Å². The van der Waals surface area contributed by atoms with Crippen LogP contribution >= 0.6 is 0 Å². The molecule has 2 rings (SSSR count). The highest BCUT2D eigenvalue weighted by atomic mass is 19.2. The van der Waals surface area contributed by atoms with E-state index in [1.54, 1.807) is 0 Å². The SMILES string of the molecule is C=C(OC(C)(C)C)[C@@H](NC(=O)n1nc(-c2ccc(F)c(F)c2)c(CC)c1CCC)C(C)(C)C. The number of carbonyl (C=O) groups excluding carboxylic acids is 1. The standard InChI is InChI=1S/C26H37F2N3O2/c1-10-12-21-18(11-2)22(17-13-14-19(27)20(28)15-17)30-31(21)24(32)29-23(25(4,5)6)16(3)33-26(7,8)9/h13-15,23H,3,10-12H2,1-2,4-9H3,(H,29,32)/t23-/m1/s1. The third-order valence-corrected chi connectivity index (χ3v) is 5.21. The zero-order valence-electron chi connectivity index (χ0n) is 21.1. The molecule has 0 saturated heterocycles. The topological polar surface area (TPSA) is 56.1 Å². The maximum absolute atomic E-state index is 13.9. The molecule has 0 spiro atoms. The zero-order chi connectivity index (χ0) is 25.1. The van der Waals surface area contributed by atoms with Gasteiger partial charge in [-0.05, 0) is 57.2 Å². The van der Waals surface area contributed by atoms with Crippen LogP contribution in [0.3, 0.4) is 0 Å². The number of nitrogens with one attached hydrogen (secondary N) is 1. The Balaban J connectivity index is 2.52. The lowest BCUT2D eigenvalue weighted by Crippen LogP contribution is -2.48. The number of benzene rings is 1. The molecular weight excluding hydrogens is 424 g/mol. The van der Waals surface area contributed by atoms with Gasteiger partial charge in [0.05, 0.1) is 17.4 Å². The molecule has 0 unspecified atom stereocenters. The number of aromatic nitrogens is 2. The number of hydrogen-bond acceptors (Lipinski definition) is 3. The second kappa shape index (κ2) is 10.1. The van der Waals surface area contributed by atoms with Crippen LogP contribution in [-0.4, -0.2) is 27.5 Å². The molecular formula is C26H37F2N3O2. The van der Waals surface area contributed by atoms with Crippen molar-refractivity contribution < 1.29 is 18.3 Å². The first kappa shape index (κ1) is 26.6. The van der Waals surface area contributed by atoms with Gasteiger partial charge in [0.2, 0.25) is 0 Å². The number of amides is 1. The second-order valence-corrected chi connectivity index (χ2v) is 10.3. The van der Waals surface area contributed by atoms with E-state index in [1.807, 2.05) is 55.4 Å². The zero-order valence-corrected chi connectivity index (χ0v) is 21.1. The highest BCUT2D eigenvalue weighted by molar-refractivity contribution is 5.79. The van der Waals surface area contributed by atoms with Gasteiger partial charge in [-0.25, -0.2) is 13.6 Å². The fraction of sp³-hybridized carbons (Fsp3) is 0.538. The lowest BCUT2D eigenvalue weighted by atomic mass is 9.85. The molecule has 0 fully saturated rings. The quantitative estimate of drug-likeness (QED) is 0.470. The Morgan fingerprint density at radius 3 is 2.27 bits per heavy atom. The van der Waals surface area contributed by atoms with E-state index in [9.17, 15) is 13.6 Å². The van der Waals surface area contributed by atoms with Gasteiger partial charge in [-0.2, -0.15) is 9.78 Å². The van der Waals surface area contributed by atoms with E-state index < -0.39 is 29.3 Å². The van der Waals surface area contributed by atoms with E-state index in [0.29, 0.717) is 29.9 Å². The van der Waals surface area contributed by atoms with Gasteiger partial charge in [0.1, 0.15) is 11.4 Å². The second-order valence-electron chi connectivity index (χ2n) is 10.3. The molecule has 1 amide bonds. The highest BCUT2D eigenvalue weighted by Gasteiger charge is 2.33. The third-order valence-electron chi connectivity index (χ3n) is 5.21. The molecule has 1 heterocycles. The summed E-state index contributed by atoms with van der Waals surface area (Å²) in [6, 6.07) is 2.78. The Hall–Kier alpha value is -2.70. The normalized spacial score (nSPS) is 13.0. The average molecular weight is 462 g/mol. The Bertz CT molecular complexity index is 1010. The summed E-state index contributed by atoms with van der Waals surface area (Å²) >= 11 is 0. The molecule has 2 aromatic rings. The third kappa shape index (κ3) is 6.42. The molecule has 0 aliphatic carbocycles. The molecule has 5 nitrogen and oxygen atoms in total. The van der Waals surface area contributed by atoms with Gasteiger partial charge in [-0.1, -0.05) is 47.6 Å². The molecule has 1 N–H and O–H groups in total. The number of ether oxygens (including phenoxy) is 1. The first-order chi connectivity index (χ1) is 15.2. The van der Waals surface area contributed by atoms with Crippen LogP contribution < -0.4 is 5.32 Å². The fourth-order valence-electron chi connectivity index (χ4n) is 3.81. The van der Waals surface area contributed by atoms with E-state index in [4.69, 9.17) is 4.74 Å². The Labute approximate surface area is 196 Å². The fourth-order valence-corrected chi connectivity index (χ4v) is 3.81. The summed E-state index contributed by atoms with van der Waals surface area (Å²) < 4.78 is 34.7. The number of halogens is 2. The van der Waals surface area contributed by atoms with Crippen LogP contribution in [0.15, 0.2) is 30.5 Å². The lowest BCUT2D eigenvalue weighted by Gasteiger charge is -2.35. The van der Waals surface area contributed by atoms with E-state index in [-0.39, 0.29) is 5.41 Å². The summed E-state index contributed by atoms with van der Waals surface area (Å²) in [5.41, 5.74) is 1.68. The molecule has 1 aromatic carbocycles. The van der Waals surface area contributed by atoms with Crippen molar-refractivity contribution in [2.75, 3.05) is 0 Å². The number of nitrogens with zero attached hydrogens (tertiary/aromatic N) is 2. The minimum Gasteiger partial charge on any atom is -0.491 e. The van der Waals surface area contributed by atoms with Gasteiger partial charge < -0.3 is 10.1 Å². The van der Waals surface area contributed by atoms with Crippen LogP contribution in [0, 0.1) is 17.0 Å². The van der Waals surface area contributed by atoms with Crippen molar-refractivity contribution in [2.45, 2.75) is 86.3 Å². The molecule has 7 heteroatoms.